The van der Waals surface area contributed by atoms with Gasteiger partial charge in [-0.2, -0.15) is 0 Å². The van der Waals surface area contributed by atoms with Crippen molar-refractivity contribution >= 4 is 11.6 Å². The largest absolute Gasteiger partial charge is 0.326 e. The Labute approximate surface area is 179 Å². The van der Waals surface area contributed by atoms with E-state index in [9.17, 15) is 4.79 Å². The van der Waals surface area contributed by atoms with E-state index in [2.05, 4.69) is 26.7 Å². The normalized spacial score (nSPS) is 29.1. The number of nitrogens with zero attached hydrogens (tertiary/aromatic N) is 4. The number of anilines is 1. The zero-order valence-corrected chi connectivity index (χ0v) is 17.7. The maximum atomic E-state index is 12.8. The summed E-state index contributed by atoms with van der Waals surface area (Å²) in [7, 11) is 0. The van der Waals surface area contributed by atoms with E-state index >= 15 is 0 Å². The first-order valence-electron chi connectivity index (χ1n) is 11.7. The molecule has 6 heteroatoms. The van der Waals surface area contributed by atoms with Crippen molar-refractivity contribution in [2.24, 2.45) is 17.8 Å². The van der Waals surface area contributed by atoms with E-state index in [1.165, 1.54) is 32.1 Å². The third-order valence-electron chi connectivity index (χ3n) is 7.46. The van der Waals surface area contributed by atoms with Crippen LogP contribution in [-0.4, -0.2) is 44.9 Å². The molecule has 4 atom stereocenters. The molecule has 1 N–H and O–H groups in total. The quantitative estimate of drug-likeness (QED) is 0.792. The average Bonchev–Trinajstić information content (AvgIpc) is 3.22. The van der Waals surface area contributed by atoms with E-state index < -0.39 is 0 Å². The minimum absolute atomic E-state index is 0.0906. The van der Waals surface area contributed by atoms with Gasteiger partial charge >= 0.3 is 0 Å². The van der Waals surface area contributed by atoms with Gasteiger partial charge in [0, 0.05) is 24.5 Å². The second kappa shape index (κ2) is 8.88. The van der Waals surface area contributed by atoms with Crippen molar-refractivity contribution in [2.75, 3.05) is 18.4 Å². The van der Waals surface area contributed by atoms with Crippen molar-refractivity contribution in [3.8, 4) is 0 Å². The second-order valence-electron chi connectivity index (χ2n) is 9.54. The highest BCUT2D eigenvalue weighted by molar-refractivity contribution is 5.93. The molecule has 4 fully saturated rings. The maximum Gasteiger partial charge on any atom is 0.229 e. The van der Waals surface area contributed by atoms with E-state index in [4.69, 9.17) is 0 Å². The molecule has 0 radical (unpaired) electrons. The topological polar surface area (TPSA) is 63.1 Å². The zero-order valence-electron chi connectivity index (χ0n) is 17.7. The first-order valence-corrected chi connectivity index (χ1v) is 11.7. The first-order chi connectivity index (χ1) is 14.7. The molecule has 4 aliphatic rings. The molecule has 6 nitrogen and oxygen atoms in total. The average molecular weight is 408 g/mol. The van der Waals surface area contributed by atoms with Crippen LogP contribution in [0.15, 0.2) is 36.5 Å². The fourth-order valence-corrected chi connectivity index (χ4v) is 5.81. The molecule has 1 saturated carbocycles. The van der Waals surface area contributed by atoms with Crippen LogP contribution in [0.3, 0.4) is 0 Å². The Bertz CT molecular complexity index is 844. The number of carbonyl (C=O) groups excluding carboxylic acids is 1. The predicted octanol–water partition coefficient (Wildman–Crippen LogP) is 3.75. The van der Waals surface area contributed by atoms with Gasteiger partial charge in [-0.1, -0.05) is 55.5 Å². The zero-order chi connectivity index (χ0) is 20.3. The highest BCUT2D eigenvalue weighted by Gasteiger charge is 2.43. The summed E-state index contributed by atoms with van der Waals surface area (Å²) in [4.78, 5) is 15.3. The minimum Gasteiger partial charge on any atom is -0.326 e. The molecule has 4 heterocycles. The van der Waals surface area contributed by atoms with Gasteiger partial charge in [0.25, 0.3) is 0 Å². The van der Waals surface area contributed by atoms with Gasteiger partial charge in [-0.3, -0.25) is 14.4 Å². The van der Waals surface area contributed by atoms with Crippen LogP contribution < -0.4 is 5.32 Å². The third-order valence-corrected chi connectivity index (χ3v) is 7.46. The number of carbonyl (C=O) groups is 1. The van der Waals surface area contributed by atoms with Gasteiger partial charge in [0.2, 0.25) is 5.91 Å². The number of amides is 1. The van der Waals surface area contributed by atoms with E-state index in [0.717, 1.165) is 56.2 Å². The van der Waals surface area contributed by atoms with Crippen LogP contribution >= 0.6 is 0 Å². The molecule has 1 aliphatic carbocycles. The molecule has 2 aromatic rings. The van der Waals surface area contributed by atoms with Crippen molar-refractivity contribution in [1.29, 1.82) is 0 Å². The lowest BCUT2D eigenvalue weighted by Gasteiger charge is -2.49. The van der Waals surface area contributed by atoms with Crippen LogP contribution in [0.1, 0.15) is 50.6 Å². The summed E-state index contributed by atoms with van der Waals surface area (Å²) in [6, 6.07) is 10.3. The summed E-state index contributed by atoms with van der Waals surface area (Å²) >= 11 is 0. The molecule has 30 heavy (non-hydrogen) atoms. The number of nitrogens with one attached hydrogen (secondary N) is 1. The fraction of sp³-hybridized carbons (Fsp3) is 0.625. The summed E-state index contributed by atoms with van der Waals surface area (Å²) < 4.78 is 2.04. The number of benzene rings is 1. The standard InChI is InChI=1S/C24H33N5O/c30-24(25-20-9-5-2-6-10-20)23-17-28-12-11-19(23)14-22(28)16-29-15-21(26-27-29)13-18-7-3-1-4-8-18/h2,5-6,9-10,15,18-19,22-23H,1,3-4,7-8,11-14,16-17H2,(H,25,30)/t19-,22-,23-/m1/s1. The molecule has 0 spiro atoms. The van der Waals surface area contributed by atoms with Crippen LogP contribution in [0.4, 0.5) is 5.69 Å². The predicted molar refractivity (Wildman–Crippen MR) is 117 cm³/mol. The molecule has 1 unspecified atom stereocenters. The van der Waals surface area contributed by atoms with E-state index in [1.54, 1.807) is 0 Å². The molecule has 160 valence electrons. The number of fused-ring (bicyclic) bond motifs is 3. The molecule has 3 aliphatic heterocycles. The number of hydrogen-bond acceptors (Lipinski definition) is 4. The Morgan fingerprint density at radius 1 is 1.10 bits per heavy atom. The lowest BCUT2D eigenvalue weighted by atomic mass is 9.75. The van der Waals surface area contributed by atoms with Crippen molar-refractivity contribution in [3.63, 3.8) is 0 Å². The highest BCUT2D eigenvalue weighted by atomic mass is 16.2. The Morgan fingerprint density at radius 3 is 2.70 bits per heavy atom. The number of aromatic nitrogens is 3. The van der Waals surface area contributed by atoms with Crippen molar-refractivity contribution in [3.05, 3.63) is 42.2 Å². The Kier molecular flexibility index (Phi) is 5.84. The van der Waals surface area contributed by atoms with Crippen LogP contribution in [0, 0.1) is 17.8 Å². The van der Waals surface area contributed by atoms with E-state index in [1.807, 2.05) is 35.0 Å². The Morgan fingerprint density at radius 2 is 1.93 bits per heavy atom. The number of para-hydroxylation sites is 1. The third kappa shape index (κ3) is 4.43. The van der Waals surface area contributed by atoms with Gasteiger partial charge < -0.3 is 5.32 Å². The molecule has 3 saturated heterocycles. The van der Waals surface area contributed by atoms with Crippen LogP contribution in [0.5, 0.6) is 0 Å². The van der Waals surface area contributed by atoms with Crippen molar-refractivity contribution in [1.82, 2.24) is 19.9 Å². The lowest BCUT2D eigenvalue weighted by Crippen LogP contribution is -2.57. The Balaban J connectivity index is 1.16. The van der Waals surface area contributed by atoms with Gasteiger partial charge in [-0.15, -0.1) is 5.10 Å². The first kappa shape index (κ1) is 19.7. The Hall–Kier alpha value is -2.21. The summed E-state index contributed by atoms with van der Waals surface area (Å²) in [5.74, 6) is 1.52. The van der Waals surface area contributed by atoms with E-state index in [-0.39, 0.29) is 11.8 Å². The molecule has 1 amide bonds. The summed E-state index contributed by atoms with van der Waals surface area (Å²) in [6.45, 7) is 2.84. The van der Waals surface area contributed by atoms with E-state index in [0.29, 0.717) is 12.0 Å². The maximum absolute atomic E-state index is 12.8. The number of hydrogen-bond donors (Lipinski definition) is 1. The van der Waals surface area contributed by atoms with Gasteiger partial charge in [0.05, 0.1) is 18.2 Å². The van der Waals surface area contributed by atoms with Crippen molar-refractivity contribution in [2.45, 2.75) is 64.0 Å². The molecule has 6 rings (SSSR count). The molecular formula is C24H33N5O. The number of rotatable bonds is 6. The van der Waals surface area contributed by atoms with Gasteiger partial charge in [-0.25, -0.2) is 0 Å². The monoisotopic (exact) mass is 407 g/mol. The van der Waals surface area contributed by atoms with Crippen LogP contribution in [-0.2, 0) is 17.8 Å². The summed E-state index contributed by atoms with van der Waals surface area (Å²) in [5, 5.41) is 12.0. The van der Waals surface area contributed by atoms with Crippen molar-refractivity contribution < 1.29 is 4.79 Å². The lowest BCUT2D eigenvalue weighted by molar-refractivity contribution is -0.127. The SMILES string of the molecule is O=C(Nc1ccccc1)[C@@H]1CN2CC[C@@H]1C[C@@H]2Cn1cc(CC2CCCCC2)nn1. The number of piperidine rings is 3. The van der Waals surface area contributed by atoms with Gasteiger partial charge in [-0.05, 0) is 49.8 Å². The van der Waals surface area contributed by atoms with Gasteiger partial charge in [0.1, 0.15) is 0 Å². The summed E-state index contributed by atoms with van der Waals surface area (Å²) in [5.41, 5.74) is 2.04. The molecule has 2 bridgehead atoms. The fourth-order valence-electron chi connectivity index (χ4n) is 5.81. The molecular weight excluding hydrogens is 374 g/mol. The summed E-state index contributed by atoms with van der Waals surface area (Å²) in [6.07, 6.45) is 12.3. The minimum atomic E-state index is 0.0906. The van der Waals surface area contributed by atoms with Crippen LogP contribution in [0.2, 0.25) is 0 Å². The highest BCUT2D eigenvalue weighted by Crippen LogP contribution is 2.37. The second-order valence-corrected chi connectivity index (χ2v) is 9.54. The smallest absolute Gasteiger partial charge is 0.229 e. The van der Waals surface area contributed by atoms with Gasteiger partial charge in [0.15, 0.2) is 0 Å². The molecule has 1 aromatic heterocycles. The molecule has 1 aromatic carbocycles. The van der Waals surface area contributed by atoms with Crippen LogP contribution in [0.25, 0.3) is 0 Å².